The van der Waals surface area contributed by atoms with Gasteiger partial charge in [0.15, 0.2) is 0 Å². The molecule has 196 valence electrons. The lowest BCUT2D eigenvalue weighted by atomic mass is 9.85. The van der Waals surface area contributed by atoms with Gasteiger partial charge in [-0.15, -0.1) is 0 Å². The van der Waals surface area contributed by atoms with Crippen LogP contribution in [0.2, 0.25) is 0 Å². The third kappa shape index (κ3) is 4.06. The van der Waals surface area contributed by atoms with Crippen molar-refractivity contribution in [2.45, 2.75) is 0 Å². The van der Waals surface area contributed by atoms with Crippen molar-refractivity contribution in [2.24, 2.45) is 0 Å². The Bertz CT molecular complexity index is 2110. The van der Waals surface area contributed by atoms with Crippen molar-refractivity contribution in [2.75, 3.05) is 0 Å². The second kappa shape index (κ2) is 10.1. The van der Waals surface area contributed by atoms with E-state index >= 15 is 0 Å². The van der Waals surface area contributed by atoms with Gasteiger partial charge < -0.3 is 0 Å². The van der Waals surface area contributed by atoms with E-state index in [2.05, 4.69) is 158 Å². The highest BCUT2D eigenvalue weighted by Crippen LogP contribution is 2.45. The Balaban J connectivity index is 1.49. The summed E-state index contributed by atoms with van der Waals surface area (Å²) in [5.74, 6) is 0. The Labute approximate surface area is 245 Å². The molecule has 1 nitrogen and oxygen atoms in total. The largest absolute Gasteiger partial charge is 0.256 e. The van der Waals surface area contributed by atoms with E-state index in [1.54, 1.807) is 0 Å². The van der Waals surface area contributed by atoms with Crippen molar-refractivity contribution < 1.29 is 0 Å². The van der Waals surface area contributed by atoms with E-state index in [-0.39, 0.29) is 0 Å². The summed E-state index contributed by atoms with van der Waals surface area (Å²) < 4.78 is 0. The molecule has 0 aliphatic rings. The molecule has 0 fully saturated rings. The quantitative estimate of drug-likeness (QED) is 0.205. The number of nitrogens with zero attached hydrogens (tertiary/aromatic N) is 1. The van der Waals surface area contributed by atoms with Crippen LogP contribution < -0.4 is 0 Å². The van der Waals surface area contributed by atoms with Crippen LogP contribution in [0, 0.1) is 0 Å². The molecule has 42 heavy (non-hydrogen) atoms. The Hall–Kier alpha value is -5.53. The summed E-state index contributed by atoms with van der Waals surface area (Å²) in [4.78, 5) is 5.06. The van der Waals surface area contributed by atoms with Crippen molar-refractivity contribution in [3.63, 3.8) is 0 Å². The van der Waals surface area contributed by atoms with Gasteiger partial charge in [0.25, 0.3) is 0 Å². The first kappa shape index (κ1) is 24.3. The summed E-state index contributed by atoms with van der Waals surface area (Å²) in [6.07, 6.45) is 1.92. The van der Waals surface area contributed by atoms with Crippen molar-refractivity contribution in [3.05, 3.63) is 164 Å². The number of hydrogen-bond donors (Lipinski definition) is 0. The first-order valence-corrected chi connectivity index (χ1v) is 14.4. The van der Waals surface area contributed by atoms with Crippen molar-refractivity contribution in [1.82, 2.24) is 4.98 Å². The molecule has 1 aromatic heterocycles. The van der Waals surface area contributed by atoms with E-state index in [9.17, 15) is 0 Å². The smallest absolute Gasteiger partial charge is 0.0793 e. The molecule has 8 rings (SSSR count). The van der Waals surface area contributed by atoms with Crippen LogP contribution in [0.5, 0.6) is 0 Å². The van der Waals surface area contributed by atoms with Crippen molar-refractivity contribution in [1.29, 1.82) is 0 Å². The standard InChI is InChI=1S/C41H27N/c1-3-13-28(14-4-1)31-25-32(29-15-5-2-6-16-29)27-33(26-31)39-36-20-9-10-21-37(36)40(41-38(39)23-12-24-42-41)35-22-11-18-30-17-7-8-19-34(30)35/h1-27H. The molecular formula is C41H27N. The molecule has 0 amide bonds. The predicted molar refractivity (Wildman–Crippen MR) is 178 cm³/mol. The van der Waals surface area contributed by atoms with Gasteiger partial charge in [0.1, 0.15) is 0 Å². The monoisotopic (exact) mass is 533 g/mol. The van der Waals surface area contributed by atoms with Crippen LogP contribution in [0.15, 0.2) is 164 Å². The molecule has 8 aromatic rings. The fourth-order valence-corrected chi connectivity index (χ4v) is 6.39. The van der Waals surface area contributed by atoms with Gasteiger partial charge in [-0.3, -0.25) is 4.98 Å². The van der Waals surface area contributed by atoms with Gasteiger partial charge in [0, 0.05) is 17.1 Å². The minimum Gasteiger partial charge on any atom is -0.256 e. The number of rotatable bonds is 4. The van der Waals surface area contributed by atoms with Crippen LogP contribution in [-0.4, -0.2) is 4.98 Å². The number of pyridine rings is 1. The summed E-state index contributed by atoms with van der Waals surface area (Å²) in [6.45, 7) is 0. The van der Waals surface area contributed by atoms with Crippen molar-refractivity contribution >= 4 is 32.4 Å². The average molecular weight is 534 g/mol. The van der Waals surface area contributed by atoms with E-state index in [4.69, 9.17) is 4.98 Å². The number of fused-ring (bicyclic) bond motifs is 3. The lowest BCUT2D eigenvalue weighted by Gasteiger charge is -2.19. The molecule has 1 heteroatoms. The number of hydrogen-bond acceptors (Lipinski definition) is 1. The molecule has 0 bridgehead atoms. The van der Waals surface area contributed by atoms with Crippen LogP contribution in [0.1, 0.15) is 0 Å². The fraction of sp³-hybridized carbons (Fsp3) is 0. The molecule has 0 saturated carbocycles. The SMILES string of the molecule is c1ccc(-c2cc(-c3ccccc3)cc(-c3c4ccccc4c(-c4cccc5ccccc45)c4ncccc34)c2)cc1. The van der Waals surface area contributed by atoms with E-state index in [0.717, 1.165) is 10.9 Å². The van der Waals surface area contributed by atoms with Gasteiger partial charge in [0.2, 0.25) is 0 Å². The second-order valence-corrected chi connectivity index (χ2v) is 10.8. The Morgan fingerprint density at radius 2 is 0.857 bits per heavy atom. The zero-order valence-electron chi connectivity index (χ0n) is 23.0. The van der Waals surface area contributed by atoms with Gasteiger partial charge in [-0.25, -0.2) is 0 Å². The maximum Gasteiger partial charge on any atom is 0.0793 e. The van der Waals surface area contributed by atoms with Crippen LogP contribution in [0.3, 0.4) is 0 Å². The van der Waals surface area contributed by atoms with Crippen LogP contribution in [0.25, 0.3) is 77.0 Å². The van der Waals surface area contributed by atoms with Gasteiger partial charge in [-0.1, -0.05) is 133 Å². The van der Waals surface area contributed by atoms with E-state index < -0.39 is 0 Å². The zero-order valence-corrected chi connectivity index (χ0v) is 23.0. The summed E-state index contributed by atoms with van der Waals surface area (Å²) in [5, 5.41) is 6.06. The van der Waals surface area contributed by atoms with Crippen molar-refractivity contribution in [3.8, 4) is 44.5 Å². The molecule has 0 atom stereocenters. The molecule has 0 saturated heterocycles. The first-order chi connectivity index (χ1) is 20.8. The molecule has 0 radical (unpaired) electrons. The zero-order chi connectivity index (χ0) is 27.9. The molecule has 0 N–H and O–H groups in total. The molecule has 0 unspecified atom stereocenters. The maximum atomic E-state index is 5.06. The van der Waals surface area contributed by atoms with E-state index in [0.29, 0.717) is 0 Å². The summed E-state index contributed by atoms with van der Waals surface area (Å²) >= 11 is 0. The molecule has 1 heterocycles. The lowest BCUT2D eigenvalue weighted by molar-refractivity contribution is 1.42. The minimum atomic E-state index is 1.02. The van der Waals surface area contributed by atoms with Crippen LogP contribution in [-0.2, 0) is 0 Å². The molecular weight excluding hydrogens is 506 g/mol. The van der Waals surface area contributed by atoms with Gasteiger partial charge in [-0.05, 0) is 84.8 Å². The van der Waals surface area contributed by atoms with Gasteiger partial charge in [-0.2, -0.15) is 0 Å². The predicted octanol–water partition coefficient (Wildman–Crippen LogP) is 11.2. The summed E-state index contributed by atoms with van der Waals surface area (Å²) in [6, 6.07) is 56.7. The highest BCUT2D eigenvalue weighted by molar-refractivity contribution is 6.22. The third-order valence-corrected chi connectivity index (χ3v) is 8.27. The molecule has 0 spiro atoms. The molecule has 0 aliphatic carbocycles. The number of benzene rings is 7. The van der Waals surface area contributed by atoms with E-state index in [1.807, 2.05) is 6.20 Å². The van der Waals surface area contributed by atoms with E-state index in [1.165, 1.54) is 66.1 Å². The highest BCUT2D eigenvalue weighted by Gasteiger charge is 2.19. The Kier molecular flexibility index (Phi) is 5.86. The minimum absolute atomic E-state index is 1.02. The summed E-state index contributed by atoms with van der Waals surface area (Å²) in [5.41, 5.74) is 10.6. The number of aromatic nitrogens is 1. The fourth-order valence-electron chi connectivity index (χ4n) is 6.39. The van der Waals surface area contributed by atoms with Crippen LogP contribution >= 0.6 is 0 Å². The normalized spacial score (nSPS) is 11.3. The average Bonchev–Trinajstić information content (AvgIpc) is 3.07. The van der Waals surface area contributed by atoms with Crippen LogP contribution in [0.4, 0.5) is 0 Å². The topological polar surface area (TPSA) is 12.9 Å². The Morgan fingerprint density at radius 1 is 0.333 bits per heavy atom. The summed E-state index contributed by atoms with van der Waals surface area (Å²) in [7, 11) is 0. The second-order valence-electron chi connectivity index (χ2n) is 10.8. The van der Waals surface area contributed by atoms with Gasteiger partial charge in [0.05, 0.1) is 5.52 Å². The maximum absolute atomic E-state index is 5.06. The molecule has 7 aromatic carbocycles. The first-order valence-electron chi connectivity index (χ1n) is 14.4. The third-order valence-electron chi connectivity index (χ3n) is 8.27. The van der Waals surface area contributed by atoms with Gasteiger partial charge >= 0.3 is 0 Å². The lowest BCUT2D eigenvalue weighted by Crippen LogP contribution is -1.94. The Morgan fingerprint density at radius 3 is 1.55 bits per heavy atom. The molecule has 0 aliphatic heterocycles. The highest BCUT2D eigenvalue weighted by atomic mass is 14.7.